The Morgan fingerprint density at radius 1 is 0.854 bits per heavy atom. The summed E-state index contributed by atoms with van der Waals surface area (Å²) in [5.41, 5.74) is 3.03. The first-order valence-corrected chi connectivity index (χ1v) is 15.3. The van der Waals surface area contributed by atoms with Crippen molar-refractivity contribution in [2.45, 2.75) is 24.4 Å². The van der Waals surface area contributed by atoms with Crippen LogP contribution < -0.4 is 4.90 Å². The van der Waals surface area contributed by atoms with E-state index in [1.165, 1.54) is 17.3 Å². The molecule has 9 nitrogen and oxygen atoms in total. The predicted octanol–water partition coefficient (Wildman–Crippen LogP) is 4.66. The van der Waals surface area contributed by atoms with Gasteiger partial charge < -0.3 is 19.4 Å². The van der Waals surface area contributed by atoms with Crippen molar-refractivity contribution in [2.75, 3.05) is 63.9 Å². The Morgan fingerprint density at radius 2 is 1.54 bits per heavy atom. The molecule has 3 aromatic rings. The number of anilines is 1. The van der Waals surface area contributed by atoms with Gasteiger partial charge in [0.25, 0.3) is 5.91 Å². The highest BCUT2D eigenvalue weighted by Gasteiger charge is 2.25. The summed E-state index contributed by atoms with van der Waals surface area (Å²) < 4.78 is 5.06. The fourth-order valence-corrected chi connectivity index (χ4v) is 6.01. The molecule has 0 unspecified atom stereocenters. The molecule has 0 aliphatic carbocycles. The Morgan fingerprint density at radius 3 is 2.22 bits per heavy atom. The van der Waals surface area contributed by atoms with Gasteiger partial charge in [0.05, 0.1) is 6.61 Å². The molecule has 0 radical (unpaired) electrons. The van der Waals surface area contributed by atoms with Crippen LogP contribution in [0, 0.1) is 0 Å². The van der Waals surface area contributed by atoms with Gasteiger partial charge in [-0.15, -0.1) is 0 Å². The second-order valence-electron chi connectivity index (χ2n) is 10.0. The monoisotopic (exact) mass is 594 g/mol. The molecule has 2 aliphatic rings. The molecule has 41 heavy (non-hydrogen) atoms. The number of rotatable bonds is 8. The Balaban J connectivity index is 1.11. The van der Waals surface area contributed by atoms with Crippen LogP contribution in [0.25, 0.3) is 0 Å². The van der Waals surface area contributed by atoms with Crippen LogP contribution in [0.2, 0.25) is 5.15 Å². The number of aromatic nitrogens is 2. The molecule has 0 spiro atoms. The number of ether oxygens (including phenoxy) is 1. The SMILES string of the molecule is CCOC(=O)N1CCN(C(=O)c2ccc(CSc3nc(Cl)cc(N4CCN(Cc5ccccc5)CC4)n3)cc2)CC1. The van der Waals surface area contributed by atoms with Gasteiger partial charge in [0.1, 0.15) is 11.0 Å². The molecule has 0 atom stereocenters. The Hall–Kier alpha value is -3.34. The van der Waals surface area contributed by atoms with Gasteiger partial charge >= 0.3 is 6.09 Å². The van der Waals surface area contributed by atoms with Crippen molar-refractivity contribution in [3.8, 4) is 0 Å². The van der Waals surface area contributed by atoms with E-state index in [4.69, 9.17) is 21.3 Å². The Labute approximate surface area is 250 Å². The van der Waals surface area contributed by atoms with Crippen molar-refractivity contribution in [1.29, 1.82) is 0 Å². The topological polar surface area (TPSA) is 82.1 Å². The number of carbonyl (C=O) groups is 2. The number of halogens is 1. The highest BCUT2D eigenvalue weighted by Crippen LogP contribution is 2.26. The van der Waals surface area contributed by atoms with Crippen LogP contribution in [0.4, 0.5) is 10.6 Å². The van der Waals surface area contributed by atoms with Crippen molar-refractivity contribution in [2.24, 2.45) is 0 Å². The molecule has 11 heteroatoms. The minimum atomic E-state index is -0.321. The summed E-state index contributed by atoms with van der Waals surface area (Å²) in [4.78, 5) is 42.3. The number of amides is 2. The number of nitrogens with zero attached hydrogens (tertiary/aromatic N) is 6. The molecule has 2 aliphatic heterocycles. The van der Waals surface area contributed by atoms with Crippen LogP contribution >= 0.6 is 23.4 Å². The second kappa shape index (κ2) is 14.0. The molecule has 2 amide bonds. The fraction of sp³-hybridized carbons (Fsp3) is 0.400. The van der Waals surface area contributed by atoms with Crippen LogP contribution in [0.1, 0.15) is 28.4 Å². The van der Waals surface area contributed by atoms with Crippen molar-refractivity contribution in [3.63, 3.8) is 0 Å². The number of hydrogen-bond acceptors (Lipinski definition) is 8. The van der Waals surface area contributed by atoms with E-state index in [0.717, 1.165) is 44.1 Å². The van der Waals surface area contributed by atoms with Crippen molar-refractivity contribution >= 4 is 41.2 Å². The summed E-state index contributed by atoms with van der Waals surface area (Å²) in [6.45, 7) is 8.73. The molecule has 3 heterocycles. The minimum Gasteiger partial charge on any atom is -0.450 e. The quantitative estimate of drug-likeness (QED) is 0.212. The zero-order valence-corrected chi connectivity index (χ0v) is 24.8. The Kier molecular flexibility index (Phi) is 9.97. The maximum Gasteiger partial charge on any atom is 0.409 e. The Bertz CT molecular complexity index is 1310. The standard InChI is InChI=1S/C30H35ClN6O3S/c1-2-40-30(39)37-18-16-36(17-19-37)28(38)25-10-8-24(9-11-25)22-41-29-32-26(31)20-27(33-29)35-14-12-34(13-15-35)21-23-6-4-3-5-7-23/h3-11,20H,2,12-19,21-22H2,1H3. The fourth-order valence-electron chi connectivity index (χ4n) is 4.97. The number of carbonyl (C=O) groups excluding carboxylic acids is 2. The van der Waals surface area contributed by atoms with E-state index >= 15 is 0 Å². The van der Waals surface area contributed by atoms with Crippen LogP contribution in [-0.2, 0) is 17.0 Å². The summed E-state index contributed by atoms with van der Waals surface area (Å²) in [6.07, 6.45) is -0.321. The summed E-state index contributed by atoms with van der Waals surface area (Å²) in [7, 11) is 0. The van der Waals surface area contributed by atoms with E-state index in [9.17, 15) is 9.59 Å². The van der Waals surface area contributed by atoms with Gasteiger partial charge in [-0.1, -0.05) is 65.8 Å². The molecule has 216 valence electrons. The second-order valence-corrected chi connectivity index (χ2v) is 11.4. The summed E-state index contributed by atoms with van der Waals surface area (Å²) >= 11 is 7.92. The molecule has 0 saturated carbocycles. The van der Waals surface area contributed by atoms with Gasteiger partial charge in [-0.3, -0.25) is 9.69 Å². The van der Waals surface area contributed by atoms with Gasteiger partial charge in [0.2, 0.25) is 0 Å². The lowest BCUT2D eigenvalue weighted by Gasteiger charge is -2.35. The van der Waals surface area contributed by atoms with E-state index in [2.05, 4.69) is 39.0 Å². The maximum absolute atomic E-state index is 13.0. The van der Waals surface area contributed by atoms with Gasteiger partial charge in [0, 0.05) is 76.3 Å². The summed E-state index contributed by atoms with van der Waals surface area (Å²) in [5.74, 6) is 1.49. The number of benzene rings is 2. The molecule has 0 bridgehead atoms. The van der Waals surface area contributed by atoms with E-state index in [1.807, 2.05) is 36.4 Å². The number of hydrogen-bond donors (Lipinski definition) is 0. The van der Waals surface area contributed by atoms with E-state index < -0.39 is 0 Å². The molecule has 5 rings (SSSR count). The van der Waals surface area contributed by atoms with Crippen LogP contribution in [0.15, 0.2) is 65.8 Å². The molecular formula is C30H35ClN6O3S. The maximum atomic E-state index is 13.0. The average molecular weight is 595 g/mol. The number of piperazine rings is 2. The first-order valence-electron chi connectivity index (χ1n) is 14.0. The first kappa shape index (κ1) is 29.2. The normalized spacial score (nSPS) is 16.1. The third kappa shape index (κ3) is 7.90. The summed E-state index contributed by atoms with van der Waals surface area (Å²) in [5, 5.41) is 1.08. The van der Waals surface area contributed by atoms with Gasteiger partial charge in [-0.25, -0.2) is 14.8 Å². The summed E-state index contributed by atoms with van der Waals surface area (Å²) in [6, 6.07) is 20.0. The number of thioether (sulfide) groups is 1. The predicted molar refractivity (Wildman–Crippen MR) is 161 cm³/mol. The van der Waals surface area contributed by atoms with Gasteiger partial charge in [-0.2, -0.15) is 0 Å². The first-order chi connectivity index (χ1) is 20.0. The molecule has 2 fully saturated rings. The lowest BCUT2D eigenvalue weighted by atomic mass is 10.1. The third-order valence-electron chi connectivity index (χ3n) is 7.27. The van der Waals surface area contributed by atoms with Crippen LogP contribution in [-0.4, -0.2) is 95.6 Å². The van der Waals surface area contributed by atoms with Crippen LogP contribution in [0.3, 0.4) is 0 Å². The van der Waals surface area contributed by atoms with E-state index in [-0.39, 0.29) is 12.0 Å². The van der Waals surface area contributed by atoms with Crippen LogP contribution in [0.5, 0.6) is 0 Å². The molecular weight excluding hydrogens is 560 g/mol. The molecule has 2 saturated heterocycles. The molecule has 2 aromatic carbocycles. The molecule has 1 aromatic heterocycles. The average Bonchev–Trinajstić information content (AvgIpc) is 3.01. The largest absolute Gasteiger partial charge is 0.450 e. The highest BCUT2D eigenvalue weighted by atomic mass is 35.5. The lowest BCUT2D eigenvalue weighted by Crippen LogP contribution is -2.50. The van der Waals surface area contributed by atoms with E-state index in [0.29, 0.717) is 54.4 Å². The lowest BCUT2D eigenvalue weighted by molar-refractivity contribution is 0.0570. The molecule has 0 N–H and O–H groups in total. The highest BCUT2D eigenvalue weighted by molar-refractivity contribution is 7.98. The minimum absolute atomic E-state index is 0.0283. The zero-order valence-electron chi connectivity index (χ0n) is 23.2. The third-order valence-corrected chi connectivity index (χ3v) is 8.38. The van der Waals surface area contributed by atoms with Crippen molar-refractivity contribution in [1.82, 2.24) is 24.7 Å². The zero-order chi connectivity index (χ0) is 28.6. The van der Waals surface area contributed by atoms with Crippen molar-refractivity contribution < 1.29 is 14.3 Å². The van der Waals surface area contributed by atoms with Gasteiger partial charge in [-0.05, 0) is 30.2 Å². The van der Waals surface area contributed by atoms with Gasteiger partial charge in [0.15, 0.2) is 5.16 Å². The van der Waals surface area contributed by atoms with E-state index in [1.54, 1.807) is 16.7 Å². The smallest absolute Gasteiger partial charge is 0.409 e. The van der Waals surface area contributed by atoms with Crippen molar-refractivity contribution in [3.05, 3.63) is 82.5 Å².